The lowest BCUT2D eigenvalue weighted by atomic mass is 10.1. The SMILES string of the molecule is CC/C1=N/NC(C)C/C=C\C1. The van der Waals surface area contributed by atoms with Gasteiger partial charge in [-0.25, -0.2) is 0 Å². The van der Waals surface area contributed by atoms with E-state index in [1.807, 2.05) is 0 Å². The Kier molecular flexibility index (Phi) is 3.14. The molecule has 0 aromatic rings. The number of nitrogens with zero attached hydrogens (tertiary/aromatic N) is 1. The van der Waals surface area contributed by atoms with Crippen molar-refractivity contribution in [2.45, 2.75) is 39.2 Å². The lowest BCUT2D eigenvalue weighted by Gasteiger charge is -2.12. The predicted octanol–water partition coefficient (Wildman–Crippen LogP) is 2.08. The van der Waals surface area contributed by atoms with Crippen LogP contribution in [0.4, 0.5) is 0 Å². The van der Waals surface area contributed by atoms with Crippen LogP contribution in [0, 0.1) is 0 Å². The molecular weight excluding hydrogens is 136 g/mol. The quantitative estimate of drug-likeness (QED) is 0.571. The summed E-state index contributed by atoms with van der Waals surface area (Å²) in [5.74, 6) is 0. The summed E-state index contributed by atoms with van der Waals surface area (Å²) in [6.07, 6.45) is 7.57. The topological polar surface area (TPSA) is 24.4 Å². The summed E-state index contributed by atoms with van der Waals surface area (Å²) in [4.78, 5) is 0. The van der Waals surface area contributed by atoms with Crippen molar-refractivity contribution in [2.75, 3.05) is 0 Å². The average molecular weight is 152 g/mol. The van der Waals surface area contributed by atoms with Crippen molar-refractivity contribution in [2.24, 2.45) is 5.10 Å². The van der Waals surface area contributed by atoms with Crippen LogP contribution in [0.3, 0.4) is 0 Å². The minimum Gasteiger partial charge on any atom is -0.307 e. The van der Waals surface area contributed by atoms with E-state index < -0.39 is 0 Å². The summed E-state index contributed by atoms with van der Waals surface area (Å²) in [6.45, 7) is 4.28. The molecule has 1 unspecified atom stereocenters. The van der Waals surface area contributed by atoms with Crippen molar-refractivity contribution < 1.29 is 0 Å². The molecule has 62 valence electrons. The van der Waals surface area contributed by atoms with Crippen LogP contribution in [-0.4, -0.2) is 11.8 Å². The van der Waals surface area contributed by atoms with E-state index in [1.165, 1.54) is 5.71 Å². The van der Waals surface area contributed by atoms with E-state index in [9.17, 15) is 0 Å². The Labute approximate surface area is 68.4 Å². The van der Waals surface area contributed by atoms with Gasteiger partial charge in [-0.15, -0.1) is 0 Å². The van der Waals surface area contributed by atoms with Gasteiger partial charge >= 0.3 is 0 Å². The van der Waals surface area contributed by atoms with Crippen LogP contribution in [0.5, 0.6) is 0 Å². The molecule has 11 heavy (non-hydrogen) atoms. The maximum absolute atomic E-state index is 4.30. The van der Waals surface area contributed by atoms with E-state index >= 15 is 0 Å². The Morgan fingerprint density at radius 2 is 2.45 bits per heavy atom. The lowest BCUT2D eigenvalue weighted by molar-refractivity contribution is 0.574. The number of hydrogen-bond donors (Lipinski definition) is 1. The molecule has 1 aliphatic heterocycles. The summed E-state index contributed by atoms with van der Waals surface area (Å²) in [6, 6.07) is 0.480. The summed E-state index contributed by atoms with van der Waals surface area (Å²) < 4.78 is 0. The first kappa shape index (κ1) is 8.31. The normalized spacial score (nSPS) is 32.5. The van der Waals surface area contributed by atoms with Gasteiger partial charge in [-0.1, -0.05) is 19.1 Å². The zero-order chi connectivity index (χ0) is 8.10. The molecule has 1 heterocycles. The van der Waals surface area contributed by atoms with E-state index in [0.29, 0.717) is 6.04 Å². The van der Waals surface area contributed by atoms with Crippen LogP contribution in [0.25, 0.3) is 0 Å². The van der Waals surface area contributed by atoms with E-state index in [-0.39, 0.29) is 0 Å². The monoisotopic (exact) mass is 152 g/mol. The third-order valence-corrected chi connectivity index (χ3v) is 1.86. The second-order valence-corrected chi connectivity index (χ2v) is 2.97. The Bertz CT molecular complexity index is 170. The molecule has 0 saturated carbocycles. The average Bonchev–Trinajstić information content (AvgIpc) is 1.98. The maximum Gasteiger partial charge on any atom is 0.0446 e. The Balaban J connectivity index is 2.53. The minimum absolute atomic E-state index is 0.480. The molecule has 0 amide bonds. The summed E-state index contributed by atoms with van der Waals surface area (Å²) in [5, 5.41) is 4.30. The molecular formula is C9H16N2. The molecule has 0 bridgehead atoms. The third-order valence-electron chi connectivity index (χ3n) is 1.86. The second kappa shape index (κ2) is 4.16. The van der Waals surface area contributed by atoms with Crippen LogP contribution >= 0.6 is 0 Å². The molecule has 1 N–H and O–H groups in total. The zero-order valence-corrected chi connectivity index (χ0v) is 7.30. The van der Waals surface area contributed by atoms with Crippen LogP contribution in [-0.2, 0) is 0 Å². The standard InChI is InChI=1S/C9H16N2/c1-3-9-7-5-4-6-8(2)10-11-9/h4-5,8,10H,3,6-7H2,1-2H3/b5-4-,11-9-. The first-order valence-corrected chi connectivity index (χ1v) is 4.29. The fourth-order valence-corrected chi connectivity index (χ4v) is 1.04. The highest BCUT2D eigenvalue weighted by atomic mass is 15.3. The largest absolute Gasteiger partial charge is 0.307 e. The van der Waals surface area contributed by atoms with Gasteiger partial charge in [0.25, 0.3) is 0 Å². The zero-order valence-electron chi connectivity index (χ0n) is 7.30. The van der Waals surface area contributed by atoms with Crippen molar-refractivity contribution in [3.8, 4) is 0 Å². The van der Waals surface area contributed by atoms with Crippen molar-refractivity contribution in [1.29, 1.82) is 0 Å². The smallest absolute Gasteiger partial charge is 0.0446 e. The second-order valence-electron chi connectivity index (χ2n) is 2.97. The molecule has 1 atom stereocenters. The number of allylic oxidation sites excluding steroid dienone is 1. The number of nitrogens with one attached hydrogen (secondary N) is 1. The lowest BCUT2D eigenvalue weighted by Crippen LogP contribution is -2.22. The fraction of sp³-hybridized carbons (Fsp3) is 0.667. The molecule has 1 aliphatic rings. The summed E-state index contributed by atoms with van der Waals surface area (Å²) in [5.41, 5.74) is 4.37. The molecule has 0 aliphatic carbocycles. The van der Waals surface area contributed by atoms with E-state index in [4.69, 9.17) is 0 Å². The molecule has 0 fully saturated rings. The van der Waals surface area contributed by atoms with Crippen LogP contribution in [0.15, 0.2) is 17.3 Å². The molecule has 0 aromatic carbocycles. The molecule has 0 spiro atoms. The predicted molar refractivity (Wildman–Crippen MR) is 48.7 cm³/mol. The van der Waals surface area contributed by atoms with Gasteiger partial charge in [-0.2, -0.15) is 5.10 Å². The highest BCUT2D eigenvalue weighted by Crippen LogP contribution is 2.01. The first-order chi connectivity index (χ1) is 5.33. The van der Waals surface area contributed by atoms with Gasteiger partial charge in [-0.05, 0) is 19.8 Å². The van der Waals surface area contributed by atoms with Crippen molar-refractivity contribution in [3.05, 3.63) is 12.2 Å². The van der Waals surface area contributed by atoms with Gasteiger partial charge in [0.05, 0.1) is 0 Å². The summed E-state index contributed by atoms with van der Waals surface area (Å²) >= 11 is 0. The molecule has 0 saturated heterocycles. The molecule has 2 heteroatoms. The Morgan fingerprint density at radius 1 is 1.64 bits per heavy atom. The molecule has 2 nitrogen and oxygen atoms in total. The number of rotatable bonds is 1. The van der Waals surface area contributed by atoms with E-state index in [1.54, 1.807) is 0 Å². The molecule has 1 rings (SSSR count). The molecule has 0 aromatic heterocycles. The Hall–Kier alpha value is -0.790. The van der Waals surface area contributed by atoms with Crippen molar-refractivity contribution in [1.82, 2.24) is 5.43 Å². The van der Waals surface area contributed by atoms with E-state index in [0.717, 1.165) is 19.3 Å². The van der Waals surface area contributed by atoms with Crippen molar-refractivity contribution in [3.63, 3.8) is 0 Å². The van der Waals surface area contributed by atoms with Gasteiger partial charge in [0.2, 0.25) is 0 Å². The number of hydrazone groups is 1. The maximum atomic E-state index is 4.30. The fourth-order valence-electron chi connectivity index (χ4n) is 1.04. The Morgan fingerprint density at radius 3 is 3.18 bits per heavy atom. The number of hydrogen-bond acceptors (Lipinski definition) is 2. The van der Waals surface area contributed by atoms with Gasteiger partial charge in [0.1, 0.15) is 0 Å². The van der Waals surface area contributed by atoms with Gasteiger partial charge in [0, 0.05) is 18.2 Å². The first-order valence-electron chi connectivity index (χ1n) is 4.29. The highest BCUT2D eigenvalue weighted by Gasteiger charge is 2.00. The van der Waals surface area contributed by atoms with Gasteiger partial charge < -0.3 is 5.43 Å². The third kappa shape index (κ3) is 2.74. The van der Waals surface area contributed by atoms with Crippen LogP contribution < -0.4 is 5.43 Å². The highest BCUT2D eigenvalue weighted by molar-refractivity contribution is 5.85. The van der Waals surface area contributed by atoms with Crippen molar-refractivity contribution >= 4 is 5.71 Å². The minimum atomic E-state index is 0.480. The van der Waals surface area contributed by atoms with Crippen LogP contribution in [0.2, 0.25) is 0 Å². The van der Waals surface area contributed by atoms with E-state index in [2.05, 4.69) is 36.5 Å². The molecule has 0 radical (unpaired) electrons. The van der Waals surface area contributed by atoms with Gasteiger partial charge in [0.15, 0.2) is 0 Å². The van der Waals surface area contributed by atoms with Crippen LogP contribution in [0.1, 0.15) is 33.1 Å². The summed E-state index contributed by atoms with van der Waals surface area (Å²) in [7, 11) is 0. The van der Waals surface area contributed by atoms with Gasteiger partial charge in [-0.3, -0.25) is 0 Å².